The highest BCUT2D eigenvalue weighted by Gasteiger charge is 2.37. The van der Waals surface area contributed by atoms with E-state index in [1.165, 1.54) is 37.4 Å². The van der Waals surface area contributed by atoms with Gasteiger partial charge in [0.25, 0.3) is 5.91 Å². The van der Waals surface area contributed by atoms with E-state index in [1.54, 1.807) is 0 Å². The van der Waals surface area contributed by atoms with Gasteiger partial charge in [0.2, 0.25) is 0 Å². The Kier molecular flexibility index (Phi) is 6.05. The van der Waals surface area contributed by atoms with Gasteiger partial charge >= 0.3 is 6.18 Å². The van der Waals surface area contributed by atoms with Crippen LogP contribution in [0.4, 0.5) is 18.9 Å². The summed E-state index contributed by atoms with van der Waals surface area (Å²) in [6.07, 6.45) is -4.61. The molecule has 6 nitrogen and oxygen atoms in total. The number of benzene rings is 2. The summed E-state index contributed by atoms with van der Waals surface area (Å²) in [4.78, 5) is 12.1. The number of hydrogen-bond donors (Lipinski definition) is 2. The molecule has 1 amide bonds. The Morgan fingerprint density at radius 1 is 1.14 bits per heavy atom. The van der Waals surface area contributed by atoms with Crippen LogP contribution in [0.3, 0.4) is 0 Å². The maximum atomic E-state index is 12.8. The van der Waals surface area contributed by atoms with Gasteiger partial charge in [-0.05, 0) is 49.4 Å². The SMILES string of the molecule is COc1ccc(S(=O)(=O)C[C@@](C)(O)C(=O)Nc2cccc(C(F)(F)F)c2)cc1. The minimum Gasteiger partial charge on any atom is -0.497 e. The molecule has 2 N–H and O–H groups in total. The molecule has 2 aromatic rings. The minimum absolute atomic E-state index is 0.138. The Labute approximate surface area is 159 Å². The van der Waals surface area contributed by atoms with Gasteiger partial charge in [0.1, 0.15) is 5.75 Å². The average Bonchev–Trinajstić information content (AvgIpc) is 2.60. The monoisotopic (exact) mass is 417 g/mol. The molecule has 0 saturated carbocycles. The first-order chi connectivity index (χ1) is 12.8. The number of sulfone groups is 1. The second kappa shape index (κ2) is 7.80. The summed E-state index contributed by atoms with van der Waals surface area (Å²) >= 11 is 0. The number of carbonyl (C=O) groups is 1. The lowest BCUT2D eigenvalue weighted by molar-refractivity contribution is -0.137. The number of amides is 1. The number of ether oxygens (including phenoxy) is 1. The van der Waals surface area contributed by atoms with E-state index in [1.807, 2.05) is 0 Å². The van der Waals surface area contributed by atoms with Gasteiger partial charge in [-0.15, -0.1) is 0 Å². The fourth-order valence-corrected chi connectivity index (χ4v) is 3.93. The standard InChI is InChI=1S/C18H18F3NO5S/c1-17(24,11-28(25,26)15-8-6-14(27-2)7-9-15)16(23)22-13-5-3-4-12(10-13)18(19,20)21/h3-10,24H,11H2,1-2H3,(H,22,23)/t17-/m1/s1. The molecular formula is C18H18F3NO5S. The molecule has 2 rings (SSSR count). The highest BCUT2D eigenvalue weighted by atomic mass is 32.2. The van der Waals surface area contributed by atoms with Crippen LogP contribution in [0.15, 0.2) is 53.4 Å². The molecule has 0 radical (unpaired) electrons. The average molecular weight is 417 g/mol. The van der Waals surface area contributed by atoms with Crippen molar-refractivity contribution in [2.75, 3.05) is 18.2 Å². The topological polar surface area (TPSA) is 92.7 Å². The summed E-state index contributed by atoms with van der Waals surface area (Å²) in [6.45, 7) is 0.969. The number of methoxy groups -OCH3 is 1. The first-order valence-electron chi connectivity index (χ1n) is 7.93. The first kappa shape index (κ1) is 21.7. The Balaban J connectivity index is 2.18. The van der Waals surface area contributed by atoms with Crippen LogP contribution in [0.5, 0.6) is 5.75 Å². The van der Waals surface area contributed by atoms with Gasteiger partial charge in [0, 0.05) is 5.69 Å². The Hall–Kier alpha value is -2.59. The molecule has 1 atom stereocenters. The third-order valence-corrected chi connectivity index (χ3v) is 5.76. The van der Waals surface area contributed by atoms with Crippen molar-refractivity contribution >= 4 is 21.4 Å². The van der Waals surface area contributed by atoms with Crippen molar-refractivity contribution in [1.82, 2.24) is 0 Å². The number of hydrogen-bond acceptors (Lipinski definition) is 5. The summed E-state index contributed by atoms with van der Waals surface area (Å²) in [5.74, 6) is -1.69. The zero-order valence-corrected chi connectivity index (χ0v) is 15.8. The fourth-order valence-electron chi connectivity index (χ4n) is 2.34. The zero-order chi connectivity index (χ0) is 21.2. The Bertz CT molecular complexity index is 954. The molecule has 0 saturated heterocycles. The summed E-state index contributed by atoms with van der Waals surface area (Å²) in [5.41, 5.74) is -3.59. The van der Waals surface area contributed by atoms with Crippen molar-refractivity contribution < 1.29 is 36.2 Å². The number of alkyl halides is 3. The minimum atomic E-state index is -4.61. The van der Waals surface area contributed by atoms with Gasteiger partial charge in [-0.2, -0.15) is 13.2 Å². The van der Waals surface area contributed by atoms with E-state index in [9.17, 15) is 31.5 Å². The number of carbonyl (C=O) groups excluding carboxylic acids is 1. The third kappa shape index (κ3) is 5.23. The molecule has 0 fully saturated rings. The molecule has 0 bridgehead atoms. The second-order valence-electron chi connectivity index (χ2n) is 6.24. The number of anilines is 1. The smallest absolute Gasteiger partial charge is 0.416 e. The van der Waals surface area contributed by atoms with Gasteiger partial charge < -0.3 is 15.2 Å². The van der Waals surface area contributed by atoms with E-state index in [0.717, 1.165) is 19.1 Å². The quantitative estimate of drug-likeness (QED) is 0.754. The van der Waals surface area contributed by atoms with Crippen molar-refractivity contribution in [2.24, 2.45) is 0 Å². The lowest BCUT2D eigenvalue weighted by Gasteiger charge is -2.22. The van der Waals surface area contributed by atoms with E-state index in [0.29, 0.717) is 11.8 Å². The molecule has 0 aliphatic carbocycles. The number of nitrogens with one attached hydrogen (secondary N) is 1. The van der Waals surface area contributed by atoms with Gasteiger partial charge in [0.15, 0.2) is 15.4 Å². The van der Waals surface area contributed by atoms with Crippen molar-refractivity contribution in [3.8, 4) is 5.75 Å². The van der Waals surface area contributed by atoms with E-state index < -0.39 is 38.8 Å². The lowest BCUT2D eigenvalue weighted by Crippen LogP contribution is -2.45. The zero-order valence-electron chi connectivity index (χ0n) is 14.9. The van der Waals surface area contributed by atoms with Crippen LogP contribution in [0.2, 0.25) is 0 Å². The van der Waals surface area contributed by atoms with Crippen molar-refractivity contribution in [2.45, 2.75) is 23.6 Å². The highest BCUT2D eigenvalue weighted by molar-refractivity contribution is 7.91. The van der Waals surface area contributed by atoms with Crippen LogP contribution >= 0.6 is 0 Å². The van der Waals surface area contributed by atoms with E-state index in [4.69, 9.17) is 4.74 Å². The second-order valence-corrected chi connectivity index (χ2v) is 8.23. The van der Waals surface area contributed by atoms with Crippen molar-refractivity contribution in [1.29, 1.82) is 0 Å². The fraction of sp³-hybridized carbons (Fsp3) is 0.278. The van der Waals surface area contributed by atoms with Gasteiger partial charge in [-0.1, -0.05) is 6.07 Å². The maximum Gasteiger partial charge on any atom is 0.416 e. The van der Waals surface area contributed by atoms with E-state index in [-0.39, 0.29) is 10.6 Å². The molecule has 0 heterocycles. The van der Waals surface area contributed by atoms with Crippen molar-refractivity contribution in [3.05, 3.63) is 54.1 Å². The van der Waals surface area contributed by atoms with E-state index in [2.05, 4.69) is 5.32 Å². The molecule has 0 spiro atoms. The number of halogens is 3. The van der Waals surface area contributed by atoms with Crippen LogP contribution in [-0.2, 0) is 20.8 Å². The van der Waals surface area contributed by atoms with Gasteiger partial charge in [-0.3, -0.25) is 4.79 Å². The first-order valence-corrected chi connectivity index (χ1v) is 9.58. The Morgan fingerprint density at radius 3 is 2.29 bits per heavy atom. The summed E-state index contributed by atoms with van der Waals surface area (Å²) < 4.78 is 68.1. The molecule has 2 aromatic carbocycles. The predicted molar refractivity (Wildman–Crippen MR) is 95.7 cm³/mol. The van der Waals surface area contributed by atoms with E-state index >= 15 is 0 Å². The molecule has 152 valence electrons. The lowest BCUT2D eigenvalue weighted by atomic mass is 10.1. The highest BCUT2D eigenvalue weighted by Crippen LogP contribution is 2.31. The van der Waals surface area contributed by atoms with Crippen LogP contribution in [0, 0.1) is 0 Å². The number of rotatable bonds is 6. The third-order valence-electron chi connectivity index (χ3n) is 3.83. The van der Waals surface area contributed by atoms with Gasteiger partial charge in [-0.25, -0.2) is 8.42 Å². The van der Waals surface area contributed by atoms with Crippen molar-refractivity contribution in [3.63, 3.8) is 0 Å². The summed E-state index contributed by atoms with van der Waals surface area (Å²) in [7, 11) is -2.65. The molecule has 10 heteroatoms. The maximum absolute atomic E-state index is 12.8. The van der Waals surface area contributed by atoms with Crippen LogP contribution in [0.1, 0.15) is 12.5 Å². The molecule has 28 heavy (non-hydrogen) atoms. The molecule has 0 aliphatic rings. The molecular weight excluding hydrogens is 399 g/mol. The Morgan fingerprint density at radius 2 is 1.75 bits per heavy atom. The number of aliphatic hydroxyl groups is 1. The van der Waals surface area contributed by atoms with Crippen LogP contribution < -0.4 is 10.1 Å². The predicted octanol–water partition coefficient (Wildman–Crippen LogP) is 2.88. The van der Waals surface area contributed by atoms with Gasteiger partial charge in [0.05, 0.1) is 23.3 Å². The molecule has 0 aliphatic heterocycles. The van der Waals surface area contributed by atoms with Crippen LogP contribution in [-0.4, -0.2) is 37.9 Å². The summed E-state index contributed by atoms with van der Waals surface area (Å²) in [5, 5.41) is 12.4. The largest absolute Gasteiger partial charge is 0.497 e. The summed E-state index contributed by atoms with van der Waals surface area (Å²) in [6, 6.07) is 9.12. The normalized spacial score (nSPS) is 14.2. The van der Waals surface area contributed by atoms with Crippen LogP contribution in [0.25, 0.3) is 0 Å². The molecule has 0 aromatic heterocycles. The molecule has 0 unspecified atom stereocenters.